The molecule has 0 spiro atoms. The normalized spacial score (nSPS) is 13.3. The van der Waals surface area contributed by atoms with E-state index in [1.807, 2.05) is 30.3 Å². The second kappa shape index (κ2) is 4.95. The molecule has 0 saturated heterocycles. The maximum atomic E-state index is 12.6. The summed E-state index contributed by atoms with van der Waals surface area (Å²) in [6.07, 6.45) is 2.25. The minimum atomic E-state index is -1.18. The van der Waals surface area contributed by atoms with Gasteiger partial charge in [0.15, 0.2) is 0 Å². The standard InChI is InChI=1S/C17H12N2O4/c20-16(12-8-23-9-13(12)17(21)22)19-6-11-5-10-3-1-2-4-14(10)18-15(11)7-19/h1-5,8-9H,6-7H2,(H,21,22). The Morgan fingerprint density at radius 3 is 2.74 bits per heavy atom. The summed E-state index contributed by atoms with van der Waals surface area (Å²) in [5.74, 6) is -1.54. The van der Waals surface area contributed by atoms with E-state index in [2.05, 4.69) is 4.98 Å². The third-order valence-corrected chi connectivity index (χ3v) is 4.00. The van der Waals surface area contributed by atoms with E-state index >= 15 is 0 Å². The quantitative estimate of drug-likeness (QED) is 0.787. The Labute approximate surface area is 131 Å². The molecule has 0 saturated carbocycles. The zero-order valence-electron chi connectivity index (χ0n) is 12.0. The molecule has 0 bridgehead atoms. The van der Waals surface area contributed by atoms with E-state index in [0.717, 1.165) is 28.4 Å². The first-order valence-corrected chi connectivity index (χ1v) is 7.10. The molecule has 1 aliphatic heterocycles. The first kappa shape index (κ1) is 13.5. The Morgan fingerprint density at radius 1 is 1.13 bits per heavy atom. The highest BCUT2D eigenvalue weighted by Crippen LogP contribution is 2.27. The van der Waals surface area contributed by atoms with Crippen LogP contribution in [0.25, 0.3) is 10.9 Å². The van der Waals surface area contributed by atoms with E-state index < -0.39 is 5.97 Å². The topological polar surface area (TPSA) is 83.6 Å². The van der Waals surface area contributed by atoms with Crippen LogP contribution in [0, 0.1) is 0 Å². The first-order chi connectivity index (χ1) is 11.1. The van der Waals surface area contributed by atoms with Crippen molar-refractivity contribution in [2.75, 3.05) is 0 Å². The number of hydrogen-bond donors (Lipinski definition) is 1. The van der Waals surface area contributed by atoms with Gasteiger partial charge in [0.2, 0.25) is 0 Å². The molecule has 1 aliphatic rings. The number of furan rings is 1. The number of pyridine rings is 1. The largest absolute Gasteiger partial charge is 0.478 e. The highest BCUT2D eigenvalue weighted by atomic mass is 16.4. The predicted octanol–water partition coefficient (Wildman–Crippen LogP) is 2.68. The van der Waals surface area contributed by atoms with Gasteiger partial charge in [-0.2, -0.15) is 0 Å². The van der Waals surface area contributed by atoms with Crippen LogP contribution in [-0.2, 0) is 13.1 Å². The van der Waals surface area contributed by atoms with E-state index in [9.17, 15) is 9.59 Å². The summed E-state index contributed by atoms with van der Waals surface area (Å²) in [6, 6.07) is 9.80. The summed E-state index contributed by atoms with van der Waals surface area (Å²) in [7, 11) is 0. The van der Waals surface area contributed by atoms with Crippen LogP contribution in [-0.4, -0.2) is 26.9 Å². The molecule has 0 aliphatic carbocycles. The van der Waals surface area contributed by atoms with Gasteiger partial charge in [-0.15, -0.1) is 0 Å². The lowest BCUT2D eigenvalue weighted by molar-refractivity contribution is 0.0675. The summed E-state index contributed by atoms with van der Waals surface area (Å²) in [5, 5.41) is 10.1. The molecule has 23 heavy (non-hydrogen) atoms. The molecule has 6 nitrogen and oxygen atoms in total. The number of benzene rings is 1. The summed E-state index contributed by atoms with van der Waals surface area (Å²) in [5.41, 5.74) is 2.66. The van der Waals surface area contributed by atoms with Gasteiger partial charge in [-0.25, -0.2) is 4.79 Å². The van der Waals surface area contributed by atoms with Crippen molar-refractivity contribution in [3.05, 3.63) is 65.2 Å². The fraction of sp³-hybridized carbons (Fsp3) is 0.118. The second-order valence-electron chi connectivity index (χ2n) is 5.45. The van der Waals surface area contributed by atoms with Crippen LogP contribution >= 0.6 is 0 Å². The van der Waals surface area contributed by atoms with Crippen molar-refractivity contribution in [2.24, 2.45) is 0 Å². The average Bonchev–Trinajstić information content (AvgIpc) is 3.18. The maximum Gasteiger partial charge on any atom is 0.339 e. The Hall–Kier alpha value is -3.15. The minimum Gasteiger partial charge on any atom is -0.478 e. The van der Waals surface area contributed by atoms with Crippen molar-refractivity contribution in [1.29, 1.82) is 0 Å². The lowest BCUT2D eigenvalue weighted by Crippen LogP contribution is -2.26. The average molecular weight is 308 g/mol. The monoisotopic (exact) mass is 308 g/mol. The van der Waals surface area contributed by atoms with Crippen LogP contribution in [0.5, 0.6) is 0 Å². The zero-order chi connectivity index (χ0) is 16.0. The van der Waals surface area contributed by atoms with E-state index in [1.54, 1.807) is 4.90 Å². The molecular weight excluding hydrogens is 296 g/mol. The second-order valence-corrected chi connectivity index (χ2v) is 5.45. The lowest BCUT2D eigenvalue weighted by Gasteiger charge is -2.14. The third kappa shape index (κ3) is 2.15. The minimum absolute atomic E-state index is 0.0647. The molecule has 1 amide bonds. The summed E-state index contributed by atoms with van der Waals surface area (Å²) in [4.78, 5) is 29.9. The van der Waals surface area contributed by atoms with Crippen LogP contribution in [0.15, 0.2) is 47.3 Å². The van der Waals surface area contributed by atoms with Crippen molar-refractivity contribution < 1.29 is 19.1 Å². The van der Waals surface area contributed by atoms with Crippen LogP contribution in [0.4, 0.5) is 0 Å². The van der Waals surface area contributed by atoms with E-state index in [1.165, 1.54) is 6.26 Å². The molecule has 3 aromatic rings. The van der Waals surface area contributed by atoms with Gasteiger partial charge in [0.05, 0.1) is 23.3 Å². The molecular formula is C17H12N2O4. The fourth-order valence-electron chi connectivity index (χ4n) is 2.86. The fourth-order valence-corrected chi connectivity index (χ4v) is 2.86. The number of carboxylic acid groups (broad SMARTS) is 1. The molecule has 6 heteroatoms. The highest BCUT2D eigenvalue weighted by molar-refractivity contribution is 6.04. The number of carbonyl (C=O) groups excluding carboxylic acids is 1. The molecule has 0 fully saturated rings. The molecule has 0 atom stereocenters. The SMILES string of the molecule is O=C(O)c1cocc1C(=O)N1Cc2cc3ccccc3nc2C1. The molecule has 1 N–H and O–H groups in total. The van der Waals surface area contributed by atoms with Gasteiger partial charge in [-0.3, -0.25) is 9.78 Å². The number of carbonyl (C=O) groups is 2. The number of fused-ring (bicyclic) bond motifs is 2. The van der Waals surface area contributed by atoms with Crippen molar-refractivity contribution >= 4 is 22.8 Å². The summed E-state index contributed by atoms with van der Waals surface area (Å²) >= 11 is 0. The molecule has 3 heterocycles. The Balaban J connectivity index is 1.67. The Kier molecular flexibility index (Phi) is 2.90. The van der Waals surface area contributed by atoms with E-state index in [-0.39, 0.29) is 17.0 Å². The molecule has 114 valence electrons. The van der Waals surface area contributed by atoms with Crippen molar-refractivity contribution in [2.45, 2.75) is 13.1 Å². The number of hydrogen-bond acceptors (Lipinski definition) is 4. The smallest absolute Gasteiger partial charge is 0.339 e. The Morgan fingerprint density at radius 2 is 1.91 bits per heavy atom. The van der Waals surface area contributed by atoms with Crippen LogP contribution < -0.4 is 0 Å². The first-order valence-electron chi connectivity index (χ1n) is 7.10. The van der Waals surface area contributed by atoms with Gasteiger partial charge in [0, 0.05) is 11.9 Å². The lowest BCUT2D eigenvalue weighted by atomic mass is 10.1. The summed E-state index contributed by atoms with van der Waals surface area (Å²) in [6.45, 7) is 0.777. The predicted molar refractivity (Wildman–Crippen MR) is 81.0 cm³/mol. The van der Waals surface area contributed by atoms with E-state index in [4.69, 9.17) is 9.52 Å². The van der Waals surface area contributed by atoms with Gasteiger partial charge < -0.3 is 14.4 Å². The molecule has 4 rings (SSSR count). The van der Waals surface area contributed by atoms with Crippen molar-refractivity contribution in [1.82, 2.24) is 9.88 Å². The molecule has 2 aromatic heterocycles. The van der Waals surface area contributed by atoms with Crippen molar-refractivity contribution in [3.63, 3.8) is 0 Å². The van der Waals surface area contributed by atoms with Gasteiger partial charge in [-0.1, -0.05) is 18.2 Å². The number of amides is 1. The van der Waals surface area contributed by atoms with Gasteiger partial charge in [-0.05, 0) is 17.7 Å². The number of carboxylic acids is 1. The number of rotatable bonds is 2. The van der Waals surface area contributed by atoms with Gasteiger partial charge in [0.1, 0.15) is 18.1 Å². The molecule has 0 unspecified atom stereocenters. The Bertz CT molecular complexity index is 900. The number of nitrogens with zero attached hydrogens (tertiary/aromatic N) is 2. The van der Waals surface area contributed by atoms with Gasteiger partial charge in [0.25, 0.3) is 5.91 Å². The number of para-hydroxylation sites is 1. The van der Waals surface area contributed by atoms with E-state index in [0.29, 0.717) is 13.1 Å². The maximum absolute atomic E-state index is 12.6. The molecule has 1 aromatic carbocycles. The zero-order valence-corrected chi connectivity index (χ0v) is 12.0. The highest BCUT2D eigenvalue weighted by Gasteiger charge is 2.29. The van der Waals surface area contributed by atoms with Crippen LogP contribution in [0.2, 0.25) is 0 Å². The number of aromatic carboxylic acids is 1. The third-order valence-electron chi connectivity index (χ3n) is 4.00. The molecule has 0 radical (unpaired) electrons. The summed E-state index contributed by atoms with van der Waals surface area (Å²) < 4.78 is 4.88. The van der Waals surface area contributed by atoms with Crippen LogP contribution in [0.1, 0.15) is 32.0 Å². The van der Waals surface area contributed by atoms with Crippen molar-refractivity contribution in [3.8, 4) is 0 Å². The number of aromatic nitrogens is 1. The van der Waals surface area contributed by atoms with Gasteiger partial charge >= 0.3 is 5.97 Å². The van der Waals surface area contributed by atoms with Crippen LogP contribution in [0.3, 0.4) is 0 Å².